The van der Waals surface area contributed by atoms with Crippen molar-refractivity contribution in [3.05, 3.63) is 33.9 Å². The third kappa shape index (κ3) is 4.72. The molecule has 1 aliphatic heterocycles. The number of primary amides is 1. The molecule has 1 aliphatic rings. The SMILES string of the molecule is NC(=O)c1c([N+](=O)[O-])cccc1S(=O)(=O)NCCN1CCC(O)CC1. The van der Waals surface area contributed by atoms with Crippen LogP contribution in [-0.2, 0) is 10.0 Å². The highest BCUT2D eigenvalue weighted by molar-refractivity contribution is 7.89. The van der Waals surface area contributed by atoms with Gasteiger partial charge in [0.15, 0.2) is 0 Å². The van der Waals surface area contributed by atoms with Crippen molar-refractivity contribution in [2.75, 3.05) is 26.2 Å². The highest BCUT2D eigenvalue weighted by Gasteiger charge is 2.29. The molecule has 11 heteroatoms. The minimum absolute atomic E-state index is 0.0688. The second kappa shape index (κ2) is 7.87. The van der Waals surface area contributed by atoms with Crippen LogP contribution in [0.3, 0.4) is 0 Å². The molecule has 0 aliphatic carbocycles. The number of nitrogens with two attached hydrogens (primary N) is 1. The van der Waals surface area contributed by atoms with Crippen molar-refractivity contribution >= 4 is 21.6 Å². The van der Waals surface area contributed by atoms with Gasteiger partial charge in [-0.05, 0) is 18.9 Å². The summed E-state index contributed by atoms with van der Waals surface area (Å²) in [7, 11) is -4.13. The van der Waals surface area contributed by atoms with Gasteiger partial charge in [0.1, 0.15) is 10.5 Å². The Morgan fingerprint density at radius 1 is 1.40 bits per heavy atom. The van der Waals surface area contributed by atoms with Crippen LogP contribution in [-0.4, -0.2) is 61.5 Å². The molecular formula is C14H20N4O6S. The lowest BCUT2D eigenvalue weighted by molar-refractivity contribution is -0.385. The first-order valence-electron chi connectivity index (χ1n) is 7.69. The maximum absolute atomic E-state index is 12.4. The van der Waals surface area contributed by atoms with Crippen LogP contribution in [0.2, 0.25) is 0 Å². The zero-order valence-electron chi connectivity index (χ0n) is 13.4. The van der Waals surface area contributed by atoms with E-state index < -0.39 is 37.0 Å². The summed E-state index contributed by atoms with van der Waals surface area (Å²) in [4.78, 5) is 23.2. The van der Waals surface area contributed by atoms with Crippen LogP contribution in [0.1, 0.15) is 23.2 Å². The van der Waals surface area contributed by atoms with Gasteiger partial charge in [0.2, 0.25) is 10.0 Å². The summed E-state index contributed by atoms with van der Waals surface area (Å²) in [6.07, 6.45) is 0.934. The topological polar surface area (TPSA) is 156 Å². The van der Waals surface area contributed by atoms with E-state index in [1.165, 1.54) is 6.07 Å². The maximum Gasteiger partial charge on any atom is 0.283 e. The Morgan fingerprint density at radius 2 is 2.04 bits per heavy atom. The van der Waals surface area contributed by atoms with Gasteiger partial charge in [-0.25, -0.2) is 13.1 Å². The molecule has 1 fully saturated rings. The largest absolute Gasteiger partial charge is 0.393 e. The van der Waals surface area contributed by atoms with Crippen LogP contribution in [0.5, 0.6) is 0 Å². The Morgan fingerprint density at radius 3 is 2.60 bits per heavy atom. The van der Waals surface area contributed by atoms with E-state index in [4.69, 9.17) is 5.73 Å². The molecule has 0 bridgehead atoms. The predicted octanol–water partition coefficient (Wildman–Crippen LogP) is -0.571. The van der Waals surface area contributed by atoms with Crippen molar-refractivity contribution in [1.82, 2.24) is 9.62 Å². The fraction of sp³-hybridized carbons (Fsp3) is 0.500. The molecule has 138 valence electrons. The van der Waals surface area contributed by atoms with Gasteiger partial charge >= 0.3 is 0 Å². The number of hydrogen-bond acceptors (Lipinski definition) is 7. The van der Waals surface area contributed by atoms with E-state index in [1.807, 2.05) is 4.90 Å². The van der Waals surface area contributed by atoms with Gasteiger partial charge in [-0.15, -0.1) is 0 Å². The lowest BCUT2D eigenvalue weighted by Gasteiger charge is -2.29. The molecule has 0 atom stereocenters. The fourth-order valence-corrected chi connectivity index (χ4v) is 3.95. The summed E-state index contributed by atoms with van der Waals surface area (Å²) in [5, 5.41) is 20.5. The van der Waals surface area contributed by atoms with Crippen molar-refractivity contribution < 1.29 is 23.2 Å². The lowest BCUT2D eigenvalue weighted by atomic mass is 10.1. The minimum Gasteiger partial charge on any atom is -0.393 e. The van der Waals surface area contributed by atoms with Crippen LogP contribution < -0.4 is 10.5 Å². The molecule has 4 N–H and O–H groups in total. The van der Waals surface area contributed by atoms with E-state index in [0.717, 1.165) is 12.1 Å². The summed E-state index contributed by atoms with van der Waals surface area (Å²) >= 11 is 0. The molecule has 0 radical (unpaired) electrons. The molecule has 10 nitrogen and oxygen atoms in total. The van der Waals surface area contributed by atoms with E-state index in [0.29, 0.717) is 32.5 Å². The Hall–Kier alpha value is -2.08. The number of nitro benzene ring substituents is 1. The summed E-state index contributed by atoms with van der Waals surface area (Å²) in [6, 6.07) is 3.32. The number of nitrogens with one attached hydrogen (secondary N) is 1. The first-order valence-corrected chi connectivity index (χ1v) is 9.18. The normalized spacial score (nSPS) is 16.7. The lowest BCUT2D eigenvalue weighted by Crippen LogP contribution is -2.41. The van der Waals surface area contributed by atoms with E-state index in [-0.39, 0.29) is 12.6 Å². The van der Waals surface area contributed by atoms with Crippen molar-refractivity contribution in [1.29, 1.82) is 0 Å². The molecule has 1 aromatic carbocycles. The molecule has 0 unspecified atom stereocenters. The van der Waals surface area contributed by atoms with Gasteiger partial charge in [-0.3, -0.25) is 14.9 Å². The van der Waals surface area contributed by atoms with Crippen LogP contribution in [0, 0.1) is 10.1 Å². The number of carbonyl (C=O) groups is 1. The van der Waals surface area contributed by atoms with Crippen molar-refractivity contribution in [3.8, 4) is 0 Å². The summed E-state index contributed by atoms with van der Waals surface area (Å²) in [5.74, 6) is -1.18. The minimum atomic E-state index is -4.13. The first kappa shape index (κ1) is 19.2. The van der Waals surface area contributed by atoms with Crippen molar-refractivity contribution in [2.24, 2.45) is 5.73 Å². The highest BCUT2D eigenvalue weighted by atomic mass is 32.2. The monoisotopic (exact) mass is 372 g/mol. The predicted molar refractivity (Wildman–Crippen MR) is 88.5 cm³/mol. The maximum atomic E-state index is 12.4. The number of likely N-dealkylation sites (tertiary alicyclic amines) is 1. The van der Waals surface area contributed by atoms with E-state index in [1.54, 1.807) is 0 Å². The van der Waals surface area contributed by atoms with Gasteiger partial charge in [0.05, 0.1) is 11.0 Å². The zero-order chi connectivity index (χ0) is 18.6. The number of sulfonamides is 1. The molecule has 0 saturated carbocycles. The number of aliphatic hydroxyl groups excluding tert-OH is 1. The van der Waals surface area contributed by atoms with Gasteiger partial charge in [0.25, 0.3) is 11.6 Å². The van der Waals surface area contributed by atoms with E-state index >= 15 is 0 Å². The Labute approximate surface area is 144 Å². The van der Waals surface area contributed by atoms with Crippen LogP contribution >= 0.6 is 0 Å². The molecule has 1 aromatic rings. The molecule has 25 heavy (non-hydrogen) atoms. The second-order valence-corrected chi connectivity index (χ2v) is 7.48. The number of hydrogen-bond donors (Lipinski definition) is 3. The highest BCUT2D eigenvalue weighted by Crippen LogP contribution is 2.25. The first-order chi connectivity index (χ1) is 11.7. The van der Waals surface area contributed by atoms with Gasteiger partial charge < -0.3 is 15.7 Å². The Bertz CT molecular complexity index is 759. The van der Waals surface area contributed by atoms with Crippen LogP contribution in [0.25, 0.3) is 0 Å². The molecule has 2 rings (SSSR count). The number of amides is 1. The number of nitrogens with zero attached hydrogens (tertiary/aromatic N) is 2. The summed E-state index contributed by atoms with van der Waals surface area (Å²) in [6.45, 7) is 1.81. The molecule has 1 heterocycles. The average Bonchev–Trinajstić information content (AvgIpc) is 2.55. The summed E-state index contributed by atoms with van der Waals surface area (Å²) < 4.78 is 27.2. The van der Waals surface area contributed by atoms with Crippen molar-refractivity contribution in [2.45, 2.75) is 23.8 Å². The second-order valence-electron chi connectivity index (χ2n) is 5.74. The standard InChI is InChI=1S/C14H20N4O6S/c15-14(20)13-11(18(21)22)2-1-3-12(13)25(23,24)16-6-9-17-7-4-10(19)5-8-17/h1-3,10,16,19H,4-9H2,(H2,15,20). The number of aliphatic hydroxyl groups is 1. The number of piperidine rings is 1. The van der Waals surface area contributed by atoms with Gasteiger partial charge in [-0.1, -0.05) is 6.07 Å². The number of nitro groups is 1. The van der Waals surface area contributed by atoms with Gasteiger partial charge in [-0.2, -0.15) is 0 Å². The number of carbonyl (C=O) groups excluding carboxylic acids is 1. The quantitative estimate of drug-likeness (QED) is 0.427. The third-order valence-corrected chi connectivity index (χ3v) is 5.52. The van der Waals surface area contributed by atoms with Crippen LogP contribution in [0.15, 0.2) is 23.1 Å². The van der Waals surface area contributed by atoms with Crippen LogP contribution in [0.4, 0.5) is 5.69 Å². The smallest absolute Gasteiger partial charge is 0.283 e. The molecule has 1 saturated heterocycles. The molecule has 0 aromatic heterocycles. The Balaban J connectivity index is 2.13. The Kier molecular flexibility index (Phi) is 6.06. The van der Waals surface area contributed by atoms with E-state index in [2.05, 4.69) is 4.72 Å². The third-order valence-electron chi connectivity index (χ3n) is 4.01. The number of benzene rings is 1. The molecule has 0 spiro atoms. The fourth-order valence-electron chi connectivity index (χ4n) is 2.70. The molecule has 1 amide bonds. The summed E-state index contributed by atoms with van der Waals surface area (Å²) in [5.41, 5.74) is 3.85. The van der Waals surface area contributed by atoms with E-state index in [9.17, 15) is 28.4 Å². The number of rotatable bonds is 7. The zero-order valence-corrected chi connectivity index (χ0v) is 14.2. The van der Waals surface area contributed by atoms with Gasteiger partial charge in [0, 0.05) is 32.2 Å². The average molecular weight is 372 g/mol. The van der Waals surface area contributed by atoms with Crippen molar-refractivity contribution in [3.63, 3.8) is 0 Å². The molecular weight excluding hydrogens is 352 g/mol.